The summed E-state index contributed by atoms with van der Waals surface area (Å²) in [7, 11) is 0. The largest absolute Gasteiger partial charge is 0.483 e. The van der Waals surface area contributed by atoms with E-state index in [4.69, 9.17) is 4.74 Å². The predicted molar refractivity (Wildman–Crippen MR) is 96.6 cm³/mol. The molecular formula is C19H20N4O2. The van der Waals surface area contributed by atoms with Crippen molar-refractivity contribution in [2.24, 2.45) is 0 Å². The molecule has 0 unspecified atom stereocenters. The summed E-state index contributed by atoms with van der Waals surface area (Å²) >= 11 is 0. The molecule has 0 aliphatic rings. The van der Waals surface area contributed by atoms with Crippen LogP contribution in [0.4, 0.5) is 5.95 Å². The quantitative estimate of drug-likeness (QED) is 0.748. The maximum absolute atomic E-state index is 12.1. The number of amides is 1. The van der Waals surface area contributed by atoms with E-state index in [2.05, 4.69) is 20.3 Å². The van der Waals surface area contributed by atoms with Crippen molar-refractivity contribution in [2.75, 3.05) is 11.9 Å². The molecule has 128 valence electrons. The van der Waals surface area contributed by atoms with Gasteiger partial charge in [-0.25, -0.2) is 4.98 Å². The van der Waals surface area contributed by atoms with Crippen molar-refractivity contribution in [3.05, 3.63) is 59.4 Å². The van der Waals surface area contributed by atoms with Gasteiger partial charge in [0.05, 0.1) is 17.6 Å². The van der Waals surface area contributed by atoms with Crippen LogP contribution in [0.2, 0.25) is 0 Å². The number of aromatic nitrogens is 3. The van der Waals surface area contributed by atoms with Crippen molar-refractivity contribution >= 4 is 11.9 Å². The lowest BCUT2D eigenvalue weighted by atomic mass is 10.1. The van der Waals surface area contributed by atoms with Crippen LogP contribution in [0.5, 0.6) is 5.75 Å². The topological polar surface area (TPSA) is 79.9 Å². The molecule has 0 bridgehead atoms. The van der Waals surface area contributed by atoms with Crippen LogP contribution in [-0.2, 0) is 4.79 Å². The second-order valence-corrected chi connectivity index (χ2v) is 5.93. The molecule has 3 rings (SSSR count). The van der Waals surface area contributed by atoms with Gasteiger partial charge in [-0.3, -0.25) is 15.1 Å². The summed E-state index contributed by atoms with van der Waals surface area (Å²) in [6.07, 6.45) is 3.33. The molecule has 0 aliphatic heterocycles. The van der Waals surface area contributed by atoms with Crippen molar-refractivity contribution in [1.29, 1.82) is 0 Å². The zero-order chi connectivity index (χ0) is 17.8. The van der Waals surface area contributed by atoms with Crippen LogP contribution >= 0.6 is 0 Å². The molecule has 2 aromatic heterocycles. The van der Waals surface area contributed by atoms with Crippen LogP contribution < -0.4 is 10.1 Å². The Morgan fingerprint density at radius 3 is 2.60 bits per heavy atom. The number of rotatable bonds is 5. The number of carbonyl (C=O) groups is 1. The predicted octanol–water partition coefficient (Wildman–Crippen LogP) is 3.41. The van der Waals surface area contributed by atoms with Crippen LogP contribution in [0.15, 0.2) is 42.7 Å². The Morgan fingerprint density at radius 2 is 1.92 bits per heavy atom. The average Bonchev–Trinajstić information content (AvgIpc) is 3.03. The fourth-order valence-electron chi connectivity index (χ4n) is 2.74. The lowest BCUT2D eigenvalue weighted by Gasteiger charge is -2.12. The summed E-state index contributed by atoms with van der Waals surface area (Å²) in [5.41, 5.74) is 4.70. The molecule has 0 aliphatic carbocycles. The fourth-order valence-corrected chi connectivity index (χ4v) is 2.74. The minimum absolute atomic E-state index is 0.0790. The van der Waals surface area contributed by atoms with Gasteiger partial charge < -0.3 is 9.72 Å². The lowest BCUT2D eigenvalue weighted by molar-refractivity contribution is -0.118. The second kappa shape index (κ2) is 7.17. The van der Waals surface area contributed by atoms with Crippen molar-refractivity contribution in [3.63, 3.8) is 0 Å². The van der Waals surface area contributed by atoms with Crippen LogP contribution in [0.25, 0.3) is 11.4 Å². The Morgan fingerprint density at radius 1 is 1.16 bits per heavy atom. The minimum Gasteiger partial charge on any atom is -0.483 e. The SMILES string of the molecule is Cc1cc(C)c(OCC(=O)Nc2ncc(-c3ccccn3)[nH]2)c(C)c1. The average molecular weight is 336 g/mol. The van der Waals surface area contributed by atoms with Gasteiger partial charge in [0.25, 0.3) is 5.91 Å². The molecule has 2 heterocycles. The number of nitrogens with zero attached hydrogens (tertiary/aromatic N) is 2. The number of hydrogen-bond donors (Lipinski definition) is 2. The first-order valence-electron chi connectivity index (χ1n) is 8.00. The highest BCUT2D eigenvalue weighted by Gasteiger charge is 2.11. The lowest BCUT2D eigenvalue weighted by Crippen LogP contribution is -2.21. The number of hydrogen-bond acceptors (Lipinski definition) is 4. The molecule has 6 heteroatoms. The Kier molecular flexibility index (Phi) is 4.79. The summed E-state index contributed by atoms with van der Waals surface area (Å²) < 4.78 is 5.68. The summed E-state index contributed by atoms with van der Waals surface area (Å²) in [6, 6.07) is 9.67. The first-order chi connectivity index (χ1) is 12.0. The third-order valence-corrected chi connectivity index (χ3v) is 3.73. The van der Waals surface area contributed by atoms with E-state index in [1.807, 2.05) is 51.1 Å². The Labute approximate surface area is 146 Å². The number of nitrogens with one attached hydrogen (secondary N) is 2. The van der Waals surface area contributed by atoms with Gasteiger partial charge in [-0.15, -0.1) is 0 Å². The van der Waals surface area contributed by atoms with Crippen molar-refractivity contribution in [2.45, 2.75) is 20.8 Å². The van der Waals surface area contributed by atoms with Crippen molar-refractivity contribution < 1.29 is 9.53 Å². The van der Waals surface area contributed by atoms with Crippen molar-refractivity contribution in [1.82, 2.24) is 15.0 Å². The first kappa shape index (κ1) is 16.7. The van der Waals surface area contributed by atoms with Gasteiger partial charge in [0.15, 0.2) is 6.61 Å². The smallest absolute Gasteiger partial charge is 0.264 e. The Hall–Kier alpha value is -3.15. The van der Waals surface area contributed by atoms with E-state index in [0.29, 0.717) is 5.95 Å². The normalized spacial score (nSPS) is 10.5. The fraction of sp³-hybridized carbons (Fsp3) is 0.211. The maximum atomic E-state index is 12.1. The molecule has 1 aromatic carbocycles. The van der Waals surface area contributed by atoms with E-state index in [0.717, 1.165) is 28.3 Å². The summed E-state index contributed by atoms with van der Waals surface area (Å²) in [5.74, 6) is 0.835. The number of carbonyl (C=O) groups excluding carboxylic acids is 1. The highest BCUT2D eigenvalue weighted by atomic mass is 16.5. The van der Waals surface area contributed by atoms with Crippen LogP contribution in [-0.4, -0.2) is 27.5 Å². The monoisotopic (exact) mass is 336 g/mol. The van der Waals surface area contributed by atoms with Crippen LogP contribution in [0.1, 0.15) is 16.7 Å². The van der Waals surface area contributed by atoms with E-state index >= 15 is 0 Å². The summed E-state index contributed by atoms with van der Waals surface area (Å²) in [4.78, 5) is 23.5. The minimum atomic E-state index is -0.277. The van der Waals surface area contributed by atoms with Crippen LogP contribution in [0, 0.1) is 20.8 Å². The molecule has 0 saturated heterocycles. The standard InChI is InChI=1S/C19H20N4O2/c1-12-8-13(2)18(14(3)9-12)25-11-17(24)23-19-21-10-16(22-19)15-6-4-5-7-20-15/h4-10H,11H2,1-3H3,(H2,21,22,23,24). The third kappa shape index (κ3) is 4.03. The number of aromatic amines is 1. The molecule has 0 radical (unpaired) electrons. The Bertz CT molecular complexity index is 864. The molecule has 3 aromatic rings. The molecule has 0 saturated carbocycles. The maximum Gasteiger partial charge on any atom is 0.264 e. The number of H-pyrrole nitrogens is 1. The molecule has 0 fully saturated rings. The highest BCUT2D eigenvalue weighted by Crippen LogP contribution is 2.24. The second-order valence-electron chi connectivity index (χ2n) is 5.93. The first-order valence-corrected chi connectivity index (χ1v) is 8.00. The zero-order valence-electron chi connectivity index (χ0n) is 14.5. The van der Waals surface area contributed by atoms with Gasteiger partial charge in [-0.1, -0.05) is 23.8 Å². The summed E-state index contributed by atoms with van der Waals surface area (Å²) in [6.45, 7) is 5.90. The van der Waals surface area contributed by atoms with E-state index in [1.54, 1.807) is 12.4 Å². The Balaban J connectivity index is 1.61. The van der Waals surface area contributed by atoms with E-state index in [9.17, 15) is 4.79 Å². The van der Waals surface area contributed by atoms with Crippen LogP contribution in [0.3, 0.4) is 0 Å². The number of benzene rings is 1. The van der Waals surface area contributed by atoms with Crippen molar-refractivity contribution in [3.8, 4) is 17.1 Å². The van der Waals surface area contributed by atoms with Gasteiger partial charge >= 0.3 is 0 Å². The number of imidazole rings is 1. The third-order valence-electron chi connectivity index (χ3n) is 3.73. The molecule has 6 nitrogen and oxygen atoms in total. The molecule has 2 N–H and O–H groups in total. The molecule has 0 spiro atoms. The molecule has 25 heavy (non-hydrogen) atoms. The number of ether oxygens (including phenoxy) is 1. The van der Waals surface area contributed by atoms with E-state index in [1.165, 1.54) is 5.56 Å². The van der Waals surface area contributed by atoms with Gasteiger partial charge in [-0.05, 0) is 44.0 Å². The number of anilines is 1. The molecular weight excluding hydrogens is 316 g/mol. The van der Waals surface area contributed by atoms with Gasteiger partial charge in [0.2, 0.25) is 5.95 Å². The van der Waals surface area contributed by atoms with E-state index < -0.39 is 0 Å². The zero-order valence-corrected chi connectivity index (χ0v) is 14.5. The number of pyridine rings is 1. The highest BCUT2D eigenvalue weighted by molar-refractivity contribution is 5.90. The van der Waals surface area contributed by atoms with Gasteiger partial charge in [-0.2, -0.15) is 0 Å². The molecule has 1 amide bonds. The van der Waals surface area contributed by atoms with Gasteiger partial charge in [0.1, 0.15) is 5.75 Å². The van der Waals surface area contributed by atoms with Gasteiger partial charge in [0, 0.05) is 6.20 Å². The molecule has 0 atom stereocenters. The van der Waals surface area contributed by atoms with E-state index in [-0.39, 0.29) is 12.5 Å². The summed E-state index contributed by atoms with van der Waals surface area (Å²) in [5, 5.41) is 2.69. The number of aryl methyl sites for hydroxylation is 3.